The molecule has 1 saturated heterocycles. The number of benzene rings is 1. The van der Waals surface area contributed by atoms with Crippen LogP contribution < -0.4 is 0 Å². The summed E-state index contributed by atoms with van der Waals surface area (Å²) < 4.78 is 10.9. The number of nitrogens with zero attached hydrogens (tertiary/aromatic N) is 2. The van der Waals surface area contributed by atoms with E-state index in [-0.39, 0.29) is 5.02 Å². The van der Waals surface area contributed by atoms with E-state index in [2.05, 4.69) is 10.2 Å². The number of ether oxygens (including phenoxy) is 1. The second-order valence-electron chi connectivity index (χ2n) is 6.87. The molecule has 1 aliphatic rings. The zero-order valence-electron chi connectivity index (χ0n) is 15.4. The van der Waals surface area contributed by atoms with Crippen molar-refractivity contribution in [1.82, 2.24) is 10.2 Å². The molecule has 1 aliphatic heterocycles. The first-order valence-corrected chi connectivity index (χ1v) is 10.6. The molecule has 8 nitrogen and oxygen atoms in total. The van der Waals surface area contributed by atoms with Gasteiger partial charge in [-0.1, -0.05) is 34.5 Å². The van der Waals surface area contributed by atoms with Crippen molar-refractivity contribution in [3.8, 4) is 10.8 Å². The van der Waals surface area contributed by atoms with Crippen molar-refractivity contribution in [2.75, 3.05) is 6.61 Å². The highest BCUT2D eigenvalue weighted by Crippen LogP contribution is 2.39. The van der Waals surface area contributed by atoms with Crippen molar-refractivity contribution in [2.45, 2.75) is 36.9 Å². The minimum Gasteiger partial charge on any atom is -0.462 e. The average molecular weight is 473 g/mol. The molecule has 0 radical (unpaired) electrons. The summed E-state index contributed by atoms with van der Waals surface area (Å²) in [6, 6.07) is 6.73. The second kappa shape index (κ2) is 8.89. The molecule has 0 aliphatic carbocycles. The van der Waals surface area contributed by atoms with Gasteiger partial charge in [-0.25, -0.2) is 0 Å². The maximum absolute atomic E-state index is 10.4. The lowest BCUT2D eigenvalue weighted by Crippen LogP contribution is -2.55. The summed E-state index contributed by atoms with van der Waals surface area (Å²) >= 11 is 14.0. The third-order valence-corrected chi connectivity index (χ3v) is 6.52. The van der Waals surface area contributed by atoms with Crippen molar-refractivity contribution in [3.63, 3.8) is 0 Å². The Morgan fingerprint density at radius 2 is 1.83 bits per heavy atom. The van der Waals surface area contributed by atoms with Crippen LogP contribution in [0.2, 0.25) is 10.0 Å². The lowest BCUT2D eigenvalue weighted by Gasteiger charge is -2.40. The fourth-order valence-electron chi connectivity index (χ4n) is 3.31. The molecule has 3 heterocycles. The number of aliphatic hydroxyl groups excluding tert-OH is 4. The van der Waals surface area contributed by atoms with Crippen LogP contribution >= 0.6 is 34.5 Å². The number of aromatic nitrogens is 2. The summed E-state index contributed by atoms with van der Waals surface area (Å²) in [5.41, 5.74) is 1.04. The van der Waals surface area contributed by atoms with Crippen LogP contribution in [-0.4, -0.2) is 61.6 Å². The number of aliphatic hydroxyl groups is 4. The van der Waals surface area contributed by atoms with Gasteiger partial charge < -0.3 is 29.6 Å². The average Bonchev–Trinajstić information content (AvgIpc) is 3.41. The molecule has 1 fully saturated rings. The number of hydrogen-bond acceptors (Lipinski definition) is 9. The van der Waals surface area contributed by atoms with Gasteiger partial charge in [-0.3, -0.25) is 0 Å². The summed E-state index contributed by atoms with van der Waals surface area (Å²) in [7, 11) is 0. The van der Waals surface area contributed by atoms with Gasteiger partial charge in [0.15, 0.2) is 10.8 Å². The molecule has 4 rings (SSSR count). The second-order valence-corrected chi connectivity index (χ2v) is 8.75. The summed E-state index contributed by atoms with van der Waals surface area (Å²) in [6.45, 7) is -0.528. The summed E-state index contributed by atoms with van der Waals surface area (Å²) in [4.78, 5) is 0. The number of hydrogen-bond donors (Lipinski definition) is 4. The largest absolute Gasteiger partial charge is 0.462 e. The van der Waals surface area contributed by atoms with Crippen LogP contribution in [0.25, 0.3) is 10.8 Å². The van der Waals surface area contributed by atoms with Gasteiger partial charge in [0.25, 0.3) is 0 Å². The topological polar surface area (TPSA) is 129 Å². The third-order valence-electron chi connectivity index (χ3n) is 4.91. The summed E-state index contributed by atoms with van der Waals surface area (Å²) in [5, 5.41) is 50.1. The minimum atomic E-state index is -1.50. The van der Waals surface area contributed by atoms with E-state index in [0.717, 1.165) is 0 Å². The van der Waals surface area contributed by atoms with E-state index < -0.39 is 37.1 Å². The highest BCUT2D eigenvalue weighted by atomic mass is 35.5. The Labute approximate surface area is 185 Å². The molecule has 3 aromatic rings. The minimum absolute atomic E-state index is 0.224. The predicted octanol–water partition coefficient (Wildman–Crippen LogP) is 2.21. The molecule has 2 aromatic heterocycles. The van der Waals surface area contributed by atoms with Crippen molar-refractivity contribution in [1.29, 1.82) is 0 Å². The Balaban J connectivity index is 1.63. The quantitative estimate of drug-likeness (QED) is 0.444. The predicted molar refractivity (Wildman–Crippen MR) is 110 cm³/mol. The van der Waals surface area contributed by atoms with Crippen LogP contribution in [0.5, 0.6) is 0 Å². The van der Waals surface area contributed by atoms with Gasteiger partial charge >= 0.3 is 0 Å². The lowest BCUT2D eigenvalue weighted by atomic mass is 9.90. The van der Waals surface area contributed by atoms with E-state index in [4.69, 9.17) is 32.4 Å². The lowest BCUT2D eigenvalue weighted by molar-refractivity contribution is -0.231. The van der Waals surface area contributed by atoms with Crippen LogP contribution in [0.15, 0.2) is 34.9 Å². The molecule has 4 N–H and O–H groups in total. The molecule has 0 spiro atoms. The van der Waals surface area contributed by atoms with Gasteiger partial charge in [-0.05, 0) is 29.8 Å². The zero-order chi connectivity index (χ0) is 21.4. The van der Waals surface area contributed by atoms with Crippen molar-refractivity contribution in [2.24, 2.45) is 0 Å². The Kier molecular flexibility index (Phi) is 6.42. The molecular formula is C19H18Cl2N2O6S. The molecule has 0 saturated carbocycles. The molecule has 11 heteroatoms. The van der Waals surface area contributed by atoms with Crippen LogP contribution in [0.4, 0.5) is 0 Å². The van der Waals surface area contributed by atoms with Crippen molar-refractivity contribution >= 4 is 34.5 Å². The number of rotatable bonds is 5. The third kappa shape index (κ3) is 4.12. The maximum atomic E-state index is 10.4. The molecule has 5 atom stereocenters. The Bertz CT molecular complexity index is 1010. The van der Waals surface area contributed by atoms with E-state index >= 15 is 0 Å². The Morgan fingerprint density at radius 1 is 1.03 bits per heavy atom. The molecule has 0 amide bonds. The SMILES string of the molecule is OCC1OC(c2cc(Cc3nnc(-c4ccco4)s3)c(Cl)cc2Cl)C(O)C(O)C1O. The Hall–Kier alpha value is -1.56. The zero-order valence-corrected chi connectivity index (χ0v) is 17.7. The van der Waals surface area contributed by atoms with Gasteiger partial charge in [-0.2, -0.15) is 0 Å². The maximum Gasteiger partial charge on any atom is 0.183 e. The molecule has 160 valence electrons. The van der Waals surface area contributed by atoms with Crippen molar-refractivity contribution in [3.05, 3.63) is 56.7 Å². The summed E-state index contributed by atoms with van der Waals surface area (Å²) in [5.74, 6) is 0.614. The fraction of sp³-hybridized carbons (Fsp3) is 0.368. The smallest absolute Gasteiger partial charge is 0.183 e. The van der Waals surface area contributed by atoms with Crippen LogP contribution in [0, 0.1) is 0 Å². The van der Waals surface area contributed by atoms with E-state index in [9.17, 15) is 20.4 Å². The van der Waals surface area contributed by atoms with Crippen LogP contribution in [0.1, 0.15) is 22.2 Å². The molecule has 5 unspecified atom stereocenters. The highest BCUT2D eigenvalue weighted by molar-refractivity contribution is 7.14. The van der Waals surface area contributed by atoms with Gasteiger partial charge in [0.2, 0.25) is 0 Å². The Morgan fingerprint density at radius 3 is 2.53 bits per heavy atom. The number of furan rings is 1. The van der Waals surface area contributed by atoms with E-state index in [1.807, 2.05) is 0 Å². The van der Waals surface area contributed by atoms with Crippen LogP contribution in [0.3, 0.4) is 0 Å². The monoisotopic (exact) mass is 472 g/mol. The van der Waals surface area contributed by atoms with Crippen LogP contribution in [-0.2, 0) is 11.2 Å². The van der Waals surface area contributed by atoms with E-state index in [1.165, 1.54) is 17.4 Å². The van der Waals surface area contributed by atoms with Crippen molar-refractivity contribution < 1.29 is 29.6 Å². The van der Waals surface area contributed by atoms with Gasteiger partial charge in [0.1, 0.15) is 35.5 Å². The van der Waals surface area contributed by atoms with Gasteiger partial charge in [-0.15, -0.1) is 10.2 Å². The standard InChI is InChI=1S/C19H18Cl2N2O6S/c20-10-6-11(21)9(18-17(27)16(26)15(25)13(7-24)29-18)4-8(10)5-14-22-23-19(30-14)12-2-1-3-28-12/h1-4,6,13,15-18,24-27H,5,7H2. The first kappa shape index (κ1) is 21.7. The highest BCUT2D eigenvalue weighted by Gasteiger charge is 2.44. The molecular weight excluding hydrogens is 455 g/mol. The van der Waals surface area contributed by atoms with Gasteiger partial charge in [0.05, 0.1) is 12.9 Å². The fourth-order valence-corrected chi connectivity index (χ4v) is 4.70. The normalized spacial score (nSPS) is 26.8. The number of halogens is 2. The molecule has 1 aromatic carbocycles. The first-order valence-electron chi connectivity index (χ1n) is 9.03. The van der Waals surface area contributed by atoms with E-state index in [0.29, 0.717) is 38.3 Å². The van der Waals surface area contributed by atoms with Gasteiger partial charge in [0, 0.05) is 22.0 Å². The summed E-state index contributed by atoms with van der Waals surface area (Å²) in [6.07, 6.45) is -4.59. The molecule has 30 heavy (non-hydrogen) atoms. The molecule has 0 bridgehead atoms. The van der Waals surface area contributed by atoms with E-state index in [1.54, 1.807) is 24.5 Å². The first-order chi connectivity index (χ1) is 14.4.